The van der Waals surface area contributed by atoms with Crippen LogP contribution in [-0.4, -0.2) is 22.3 Å². The number of hydrogen-bond acceptors (Lipinski definition) is 2. The van der Waals surface area contributed by atoms with Crippen molar-refractivity contribution in [2.75, 3.05) is 0 Å². The first-order chi connectivity index (χ1) is 8.04. The SMILES string of the molecule is CC.CC1CC(=O)N(C(C)(C)CC(C)(C)C)C1=O. The first kappa shape index (κ1) is 17.1. The lowest BCUT2D eigenvalue weighted by molar-refractivity contribution is -0.146. The van der Waals surface area contributed by atoms with Crippen LogP contribution in [0.15, 0.2) is 0 Å². The van der Waals surface area contributed by atoms with E-state index in [0.717, 1.165) is 6.42 Å². The van der Waals surface area contributed by atoms with E-state index in [4.69, 9.17) is 0 Å². The molecule has 1 fully saturated rings. The van der Waals surface area contributed by atoms with Crippen LogP contribution in [0.4, 0.5) is 0 Å². The normalized spacial score (nSPS) is 20.9. The van der Waals surface area contributed by atoms with Crippen molar-refractivity contribution < 1.29 is 9.59 Å². The Balaban J connectivity index is 0.00000137. The molecule has 1 aliphatic rings. The Bertz CT molecular complexity index is 313. The monoisotopic (exact) mass is 255 g/mol. The summed E-state index contributed by atoms with van der Waals surface area (Å²) in [6.07, 6.45) is 1.19. The molecule has 1 saturated heterocycles. The molecule has 106 valence electrons. The summed E-state index contributed by atoms with van der Waals surface area (Å²) < 4.78 is 0. The summed E-state index contributed by atoms with van der Waals surface area (Å²) in [5.74, 6) is -0.183. The van der Waals surface area contributed by atoms with Gasteiger partial charge >= 0.3 is 0 Å². The summed E-state index contributed by atoms with van der Waals surface area (Å²) in [7, 11) is 0. The van der Waals surface area contributed by atoms with Gasteiger partial charge < -0.3 is 0 Å². The summed E-state index contributed by atoms with van der Waals surface area (Å²) in [6.45, 7) is 16.2. The van der Waals surface area contributed by atoms with Gasteiger partial charge in [0, 0.05) is 17.9 Å². The third-order valence-corrected chi connectivity index (χ3v) is 2.94. The van der Waals surface area contributed by atoms with E-state index >= 15 is 0 Å². The Morgan fingerprint density at radius 1 is 1.11 bits per heavy atom. The Labute approximate surface area is 112 Å². The number of nitrogens with zero attached hydrogens (tertiary/aromatic N) is 1. The lowest BCUT2D eigenvalue weighted by Crippen LogP contribution is -2.49. The van der Waals surface area contributed by atoms with Crippen molar-refractivity contribution in [1.82, 2.24) is 4.90 Å². The molecule has 1 unspecified atom stereocenters. The first-order valence-corrected chi connectivity index (χ1v) is 6.91. The highest BCUT2D eigenvalue weighted by Crippen LogP contribution is 2.35. The van der Waals surface area contributed by atoms with Crippen molar-refractivity contribution in [2.24, 2.45) is 11.3 Å². The van der Waals surface area contributed by atoms with Gasteiger partial charge in [-0.2, -0.15) is 0 Å². The smallest absolute Gasteiger partial charge is 0.233 e. The Morgan fingerprint density at radius 3 is 1.83 bits per heavy atom. The molecular formula is C15H29NO2. The number of carbonyl (C=O) groups is 2. The molecular weight excluding hydrogens is 226 g/mol. The molecule has 1 heterocycles. The topological polar surface area (TPSA) is 37.4 Å². The van der Waals surface area contributed by atoms with Crippen LogP contribution in [0.2, 0.25) is 0 Å². The zero-order valence-electron chi connectivity index (χ0n) is 13.3. The third kappa shape index (κ3) is 4.11. The van der Waals surface area contributed by atoms with Gasteiger partial charge in [0.15, 0.2) is 0 Å². The number of carbonyl (C=O) groups excluding carboxylic acids is 2. The highest BCUT2D eigenvalue weighted by atomic mass is 16.2. The molecule has 0 radical (unpaired) electrons. The van der Waals surface area contributed by atoms with E-state index in [0.29, 0.717) is 6.42 Å². The van der Waals surface area contributed by atoms with Crippen molar-refractivity contribution >= 4 is 11.8 Å². The quantitative estimate of drug-likeness (QED) is 0.707. The molecule has 0 aromatic carbocycles. The van der Waals surface area contributed by atoms with E-state index in [1.165, 1.54) is 4.90 Å². The molecule has 1 atom stereocenters. The lowest BCUT2D eigenvalue weighted by Gasteiger charge is -2.39. The van der Waals surface area contributed by atoms with Gasteiger partial charge in [-0.3, -0.25) is 14.5 Å². The van der Waals surface area contributed by atoms with Gasteiger partial charge in [0.2, 0.25) is 11.8 Å². The molecule has 1 rings (SSSR count). The Morgan fingerprint density at radius 2 is 1.56 bits per heavy atom. The molecule has 0 spiro atoms. The van der Waals surface area contributed by atoms with Crippen molar-refractivity contribution in [1.29, 1.82) is 0 Å². The molecule has 0 saturated carbocycles. The minimum absolute atomic E-state index is 0.0146. The molecule has 0 aromatic rings. The van der Waals surface area contributed by atoms with Gasteiger partial charge in [0.05, 0.1) is 0 Å². The maximum absolute atomic E-state index is 12.0. The Kier molecular flexibility index (Phi) is 5.57. The number of likely N-dealkylation sites (tertiary alicyclic amines) is 1. The van der Waals surface area contributed by atoms with Crippen molar-refractivity contribution in [2.45, 2.75) is 73.8 Å². The third-order valence-electron chi connectivity index (χ3n) is 2.94. The molecule has 1 aliphatic heterocycles. The zero-order valence-corrected chi connectivity index (χ0v) is 13.3. The molecule has 0 aromatic heterocycles. The fourth-order valence-electron chi connectivity index (χ4n) is 2.80. The largest absolute Gasteiger partial charge is 0.277 e. The van der Waals surface area contributed by atoms with Gasteiger partial charge in [0.1, 0.15) is 0 Å². The van der Waals surface area contributed by atoms with E-state index < -0.39 is 0 Å². The molecule has 3 nitrogen and oxygen atoms in total. The predicted octanol–water partition coefficient (Wildman–Crippen LogP) is 3.62. The van der Waals surface area contributed by atoms with Crippen LogP contribution in [0, 0.1) is 11.3 Å². The molecule has 0 bridgehead atoms. The maximum atomic E-state index is 12.0. The van der Waals surface area contributed by atoms with Crippen LogP contribution in [0.5, 0.6) is 0 Å². The predicted molar refractivity (Wildman–Crippen MR) is 75.1 cm³/mol. The summed E-state index contributed by atoms with van der Waals surface area (Å²) in [6, 6.07) is 0. The summed E-state index contributed by atoms with van der Waals surface area (Å²) in [5.41, 5.74) is -0.271. The fourth-order valence-corrected chi connectivity index (χ4v) is 2.80. The van der Waals surface area contributed by atoms with Gasteiger partial charge in [-0.1, -0.05) is 41.5 Å². The van der Waals surface area contributed by atoms with Crippen LogP contribution in [-0.2, 0) is 9.59 Å². The molecule has 0 N–H and O–H groups in total. The number of hydrogen-bond donors (Lipinski definition) is 0. The minimum Gasteiger partial charge on any atom is -0.277 e. The average Bonchev–Trinajstić information content (AvgIpc) is 2.40. The van der Waals surface area contributed by atoms with E-state index in [1.807, 2.05) is 34.6 Å². The van der Waals surface area contributed by atoms with Crippen molar-refractivity contribution in [3.63, 3.8) is 0 Å². The van der Waals surface area contributed by atoms with Crippen LogP contribution in [0.25, 0.3) is 0 Å². The molecule has 0 aliphatic carbocycles. The standard InChI is InChI=1S/C13H23NO2.C2H6/c1-9-7-10(15)14(11(9)16)13(5,6)8-12(2,3)4;1-2/h9H,7-8H2,1-6H3;1-2H3. The lowest BCUT2D eigenvalue weighted by atomic mass is 9.81. The van der Waals surface area contributed by atoms with Gasteiger partial charge in [-0.15, -0.1) is 0 Å². The first-order valence-electron chi connectivity index (χ1n) is 6.91. The summed E-state index contributed by atoms with van der Waals surface area (Å²) in [4.78, 5) is 25.3. The fraction of sp³-hybridized carbons (Fsp3) is 0.867. The van der Waals surface area contributed by atoms with E-state index in [2.05, 4.69) is 20.8 Å². The van der Waals surface area contributed by atoms with Crippen LogP contribution >= 0.6 is 0 Å². The molecule has 3 heteroatoms. The maximum Gasteiger partial charge on any atom is 0.233 e. The highest BCUT2D eigenvalue weighted by Gasteiger charge is 2.45. The summed E-state index contributed by atoms with van der Waals surface area (Å²) >= 11 is 0. The number of amides is 2. The van der Waals surface area contributed by atoms with Crippen LogP contribution < -0.4 is 0 Å². The van der Waals surface area contributed by atoms with Gasteiger partial charge in [-0.25, -0.2) is 0 Å². The highest BCUT2D eigenvalue weighted by molar-refractivity contribution is 6.04. The second kappa shape index (κ2) is 5.85. The Hall–Kier alpha value is -0.860. The zero-order chi connectivity index (χ0) is 14.7. The number of rotatable bonds is 2. The van der Waals surface area contributed by atoms with Gasteiger partial charge in [-0.05, 0) is 25.7 Å². The second-order valence-electron chi connectivity index (χ2n) is 6.72. The van der Waals surface area contributed by atoms with Crippen molar-refractivity contribution in [3.8, 4) is 0 Å². The average molecular weight is 255 g/mol. The summed E-state index contributed by atoms with van der Waals surface area (Å²) in [5, 5.41) is 0. The van der Waals surface area contributed by atoms with E-state index in [-0.39, 0.29) is 28.7 Å². The van der Waals surface area contributed by atoms with E-state index in [9.17, 15) is 9.59 Å². The van der Waals surface area contributed by atoms with E-state index in [1.54, 1.807) is 0 Å². The molecule has 2 amide bonds. The minimum atomic E-state index is -0.378. The van der Waals surface area contributed by atoms with Crippen molar-refractivity contribution in [3.05, 3.63) is 0 Å². The second-order valence-corrected chi connectivity index (χ2v) is 6.72. The van der Waals surface area contributed by atoms with Crippen LogP contribution in [0.1, 0.15) is 68.2 Å². The number of imide groups is 1. The van der Waals surface area contributed by atoms with Crippen LogP contribution in [0.3, 0.4) is 0 Å². The van der Waals surface area contributed by atoms with Gasteiger partial charge in [0.25, 0.3) is 0 Å². The molecule has 18 heavy (non-hydrogen) atoms.